The predicted molar refractivity (Wildman–Crippen MR) is 50.5 cm³/mol. The van der Waals surface area contributed by atoms with Crippen LogP contribution in [0.3, 0.4) is 0 Å². The Kier molecular flexibility index (Phi) is 2.33. The highest BCUT2D eigenvalue weighted by atomic mass is 14.1. The fourth-order valence-corrected chi connectivity index (χ4v) is 1.37. The first-order valence-corrected chi connectivity index (χ1v) is 4.11. The molecule has 0 N–H and O–H groups in total. The molecule has 0 nitrogen and oxygen atoms in total. The lowest BCUT2D eigenvalue weighted by molar-refractivity contribution is 1.06. The zero-order valence-electron chi connectivity index (χ0n) is 7.70. The molecule has 0 unspecified atom stereocenters. The highest BCUT2D eigenvalue weighted by molar-refractivity contribution is 5.36. The Balaban J connectivity index is 2.99. The van der Waals surface area contributed by atoms with Crippen LogP contribution in [0.1, 0.15) is 33.6 Å². The van der Waals surface area contributed by atoms with Gasteiger partial charge in [-0.1, -0.05) is 29.4 Å². The van der Waals surface area contributed by atoms with Gasteiger partial charge in [-0.15, -0.1) is 0 Å². The Labute approximate surface area is 69.3 Å². The minimum atomic E-state index is 1.06. The van der Waals surface area contributed by atoms with Crippen LogP contribution in [0.2, 0.25) is 0 Å². The van der Waals surface area contributed by atoms with Crippen molar-refractivity contribution < 1.29 is 0 Å². The Morgan fingerprint density at radius 3 is 2.55 bits per heavy atom. The Hall–Kier alpha value is -0.780. The smallest absolute Gasteiger partial charge is 0.0105 e. The molecule has 1 rings (SSSR count). The second kappa shape index (κ2) is 3.08. The van der Waals surface area contributed by atoms with Gasteiger partial charge in [-0.3, -0.25) is 0 Å². The zero-order chi connectivity index (χ0) is 8.43. The zero-order valence-corrected chi connectivity index (χ0v) is 7.70. The Bertz CT molecular complexity index is 239. The first-order chi connectivity index (χ1) is 5.11. The summed E-state index contributed by atoms with van der Waals surface area (Å²) in [5, 5.41) is 0. The molecule has 0 heterocycles. The third kappa shape index (κ3) is 1.83. The summed E-state index contributed by atoms with van der Waals surface area (Å²) in [6.07, 6.45) is 4.41. The van der Waals surface area contributed by atoms with Crippen LogP contribution in [-0.4, -0.2) is 0 Å². The quantitative estimate of drug-likeness (QED) is 0.460. The van der Waals surface area contributed by atoms with E-state index in [-0.39, 0.29) is 0 Å². The van der Waals surface area contributed by atoms with E-state index in [1.54, 1.807) is 0 Å². The second-order valence-electron chi connectivity index (χ2n) is 3.42. The van der Waals surface area contributed by atoms with Crippen molar-refractivity contribution in [3.8, 4) is 0 Å². The molecule has 0 spiro atoms. The van der Waals surface area contributed by atoms with Gasteiger partial charge in [-0.25, -0.2) is 0 Å². The van der Waals surface area contributed by atoms with Gasteiger partial charge in [0.15, 0.2) is 0 Å². The molecule has 60 valence electrons. The summed E-state index contributed by atoms with van der Waals surface area (Å²) in [5.41, 5.74) is 5.67. The summed E-state index contributed by atoms with van der Waals surface area (Å²) in [5.74, 6) is 0. The van der Waals surface area contributed by atoms with Gasteiger partial charge in [0.05, 0.1) is 0 Å². The van der Waals surface area contributed by atoms with Crippen molar-refractivity contribution in [1.82, 2.24) is 0 Å². The van der Waals surface area contributed by atoms with Crippen LogP contribution in [0.5, 0.6) is 0 Å². The fraction of sp³-hybridized carbons (Fsp3) is 0.455. The molecule has 0 radical (unpaired) electrons. The molecule has 0 aromatic rings. The monoisotopic (exact) mass is 148 g/mol. The molecule has 0 bridgehead atoms. The van der Waals surface area contributed by atoms with E-state index < -0.39 is 0 Å². The van der Waals surface area contributed by atoms with Crippen LogP contribution in [0.25, 0.3) is 0 Å². The van der Waals surface area contributed by atoms with Crippen molar-refractivity contribution in [1.29, 1.82) is 0 Å². The van der Waals surface area contributed by atoms with Crippen LogP contribution in [0, 0.1) is 0 Å². The van der Waals surface area contributed by atoms with E-state index in [0.29, 0.717) is 0 Å². The topological polar surface area (TPSA) is 0 Å². The van der Waals surface area contributed by atoms with Gasteiger partial charge in [0.1, 0.15) is 0 Å². The van der Waals surface area contributed by atoms with E-state index in [9.17, 15) is 0 Å². The molecule has 0 aliphatic heterocycles. The molecule has 0 amide bonds. The third-order valence-electron chi connectivity index (χ3n) is 2.44. The van der Waals surface area contributed by atoms with Crippen molar-refractivity contribution in [3.63, 3.8) is 0 Å². The fourth-order valence-electron chi connectivity index (χ4n) is 1.37. The van der Waals surface area contributed by atoms with Crippen LogP contribution in [0.4, 0.5) is 0 Å². The minimum Gasteiger partial charge on any atom is -0.0992 e. The molecule has 0 heteroatoms. The molecular formula is C11H16. The predicted octanol–water partition coefficient (Wildman–Crippen LogP) is 3.62. The van der Waals surface area contributed by atoms with Gasteiger partial charge in [0.25, 0.3) is 0 Å². The Morgan fingerprint density at radius 2 is 1.91 bits per heavy atom. The van der Waals surface area contributed by atoms with Crippen molar-refractivity contribution in [2.45, 2.75) is 33.6 Å². The molecule has 11 heavy (non-hydrogen) atoms. The largest absolute Gasteiger partial charge is 0.0992 e. The second-order valence-corrected chi connectivity index (χ2v) is 3.42. The first kappa shape index (κ1) is 8.32. The average molecular weight is 148 g/mol. The molecule has 1 aliphatic rings. The van der Waals surface area contributed by atoms with E-state index in [4.69, 9.17) is 0 Å². The van der Waals surface area contributed by atoms with Gasteiger partial charge < -0.3 is 0 Å². The van der Waals surface area contributed by atoms with Crippen LogP contribution >= 0.6 is 0 Å². The van der Waals surface area contributed by atoms with Crippen molar-refractivity contribution >= 4 is 0 Å². The summed E-state index contributed by atoms with van der Waals surface area (Å²) < 4.78 is 0. The average Bonchev–Trinajstić information content (AvgIpc) is 2.05. The van der Waals surface area contributed by atoms with Crippen LogP contribution in [-0.2, 0) is 0 Å². The molecule has 0 aromatic heterocycles. The summed E-state index contributed by atoms with van der Waals surface area (Å²) in [4.78, 5) is 0. The number of hydrogen-bond donors (Lipinski definition) is 0. The van der Waals surface area contributed by atoms with E-state index >= 15 is 0 Å². The summed E-state index contributed by atoms with van der Waals surface area (Å²) in [6, 6.07) is 0. The molecule has 0 saturated heterocycles. The lowest BCUT2D eigenvalue weighted by Crippen LogP contribution is -1.83. The lowest BCUT2D eigenvalue weighted by Gasteiger charge is -2.03. The molecule has 0 saturated carbocycles. The van der Waals surface area contributed by atoms with Crippen LogP contribution in [0.15, 0.2) is 34.9 Å². The molecule has 0 aromatic carbocycles. The van der Waals surface area contributed by atoms with Crippen molar-refractivity contribution in [3.05, 3.63) is 34.9 Å². The van der Waals surface area contributed by atoms with Gasteiger partial charge in [0, 0.05) is 0 Å². The Morgan fingerprint density at radius 1 is 1.27 bits per heavy atom. The SMILES string of the molecule is C=C1CC=C(C)C(C)=C(C)C1. The maximum Gasteiger partial charge on any atom is -0.0105 e. The summed E-state index contributed by atoms with van der Waals surface area (Å²) >= 11 is 0. The maximum absolute atomic E-state index is 4.01. The van der Waals surface area contributed by atoms with Gasteiger partial charge in [0.2, 0.25) is 0 Å². The van der Waals surface area contributed by atoms with Gasteiger partial charge >= 0.3 is 0 Å². The highest BCUT2D eigenvalue weighted by Gasteiger charge is 2.05. The minimum absolute atomic E-state index is 1.06. The number of hydrogen-bond acceptors (Lipinski definition) is 0. The molecule has 1 aliphatic carbocycles. The normalized spacial score (nSPS) is 19.9. The standard InChI is InChI=1S/C11H16/c1-8-5-6-9(2)11(4)10(3)7-8/h6H,1,5,7H2,2-4H3. The number of allylic oxidation sites excluding steroid dienone is 5. The lowest BCUT2D eigenvalue weighted by atomic mass is 10.0. The van der Waals surface area contributed by atoms with Crippen LogP contribution < -0.4 is 0 Å². The van der Waals surface area contributed by atoms with Gasteiger partial charge in [-0.2, -0.15) is 0 Å². The summed E-state index contributed by atoms with van der Waals surface area (Å²) in [6.45, 7) is 10.6. The first-order valence-electron chi connectivity index (χ1n) is 4.11. The van der Waals surface area contributed by atoms with Crippen molar-refractivity contribution in [2.75, 3.05) is 0 Å². The van der Waals surface area contributed by atoms with E-state index in [0.717, 1.165) is 12.8 Å². The van der Waals surface area contributed by atoms with Crippen molar-refractivity contribution in [2.24, 2.45) is 0 Å². The van der Waals surface area contributed by atoms with E-state index in [2.05, 4.69) is 33.4 Å². The molecular weight excluding hydrogens is 132 g/mol. The third-order valence-corrected chi connectivity index (χ3v) is 2.44. The summed E-state index contributed by atoms with van der Waals surface area (Å²) in [7, 11) is 0. The van der Waals surface area contributed by atoms with E-state index in [1.807, 2.05) is 0 Å². The highest BCUT2D eigenvalue weighted by Crippen LogP contribution is 2.25. The van der Waals surface area contributed by atoms with Gasteiger partial charge in [-0.05, 0) is 39.2 Å². The molecule has 0 atom stereocenters. The number of rotatable bonds is 0. The maximum atomic E-state index is 4.01. The molecule has 0 fully saturated rings. The van der Waals surface area contributed by atoms with E-state index in [1.165, 1.54) is 22.3 Å².